The van der Waals surface area contributed by atoms with Gasteiger partial charge in [-0.2, -0.15) is 15.0 Å². The van der Waals surface area contributed by atoms with Crippen LogP contribution in [0.2, 0.25) is 0 Å². The predicted octanol–water partition coefficient (Wildman–Crippen LogP) is 2.84. The molecule has 2 N–H and O–H groups in total. The van der Waals surface area contributed by atoms with Gasteiger partial charge in [-0.25, -0.2) is 18.2 Å². The van der Waals surface area contributed by atoms with Crippen molar-refractivity contribution in [2.45, 2.75) is 11.8 Å². The predicted molar refractivity (Wildman–Crippen MR) is 108 cm³/mol. The van der Waals surface area contributed by atoms with E-state index < -0.39 is 10.0 Å². The van der Waals surface area contributed by atoms with Crippen molar-refractivity contribution in [3.63, 3.8) is 0 Å². The van der Waals surface area contributed by atoms with Gasteiger partial charge in [0.15, 0.2) is 0 Å². The van der Waals surface area contributed by atoms with E-state index in [2.05, 4.69) is 31.2 Å². The van der Waals surface area contributed by atoms with Crippen molar-refractivity contribution in [3.8, 4) is 22.8 Å². The molecule has 0 aliphatic carbocycles. The molecule has 2 heterocycles. The molecule has 0 saturated heterocycles. The number of aromatic nitrogens is 5. The van der Waals surface area contributed by atoms with E-state index in [-0.39, 0.29) is 4.90 Å². The Morgan fingerprint density at radius 3 is 2.25 bits per heavy atom. The molecule has 4 aromatic rings. The highest BCUT2D eigenvalue weighted by Crippen LogP contribution is 2.23. The first-order valence-electron chi connectivity index (χ1n) is 8.20. The van der Waals surface area contributed by atoms with E-state index in [0.29, 0.717) is 11.4 Å². The summed E-state index contributed by atoms with van der Waals surface area (Å²) in [6, 6.07) is 15.7. The fourth-order valence-corrected chi connectivity index (χ4v) is 3.51. The Balaban J connectivity index is 1.74. The Bertz CT molecular complexity index is 1240. The fourth-order valence-electron chi connectivity index (χ4n) is 2.74. The van der Waals surface area contributed by atoms with Crippen LogP contribution in [0.15, 0.2) is 70.2 Å². The molecule has 0 bridgehead atoms. The highest BCUT2D eigenvalue weighted by Gasteiger charge is 2.15. The Labute approximate surface area is 169 Å². The summed E-state index contributed by atoms with van der Waals surface area (Å²) in [5.41, 5.74) is 3.69. The van der Waals surface area contributed by atoms with Crippen LogP contribution >= 0.6 is 15.9 Å². The van der Waals surface area contributed by atoms with Crippen molar-refractivity contribution in [1.82, 2.24) is 24.8 Å². The van der Waals surface area contributed by atoms with Crippen molar-refractivity contribution < 1.29 is 8.42 Å². The van der Waals surface area contributed by atoms with Gasteiger partial charge in [0.25, 0.3) is 0 Å². The lowest BCUT2D eigenvalue weighted by Gasteiger charge is -2.06. The number of nitrogens with zero attached hydrogens (tertiary/aromatic N) is 5. The van der Waals surface area contributed by atoms with Gasteiger partial charge in [-0.05, 0) is 61.5 Å². The molecule has 0 amide bonds. The molecule has 4 rings (SSSR count). The minimum absolute atomic E-state index is 0.0443. The molecule has 0 aliphatic rings. The molecular formula is C18H15BrN6O2S. The first-order valence-corrected chi connectivity index (χ1v) is 10.5. The van der Waals surface area contributed by atoms with Gasteiger partial charge in [0.1, 0.15) is 5.69 Å². The zero-order valence-electron chi connectivity index (χ0n) is 14.7. The molecule has 0 saturated carbocycles. The molecule has 0 radical (unpaired) electrons. The van der Waals surface area contributed by atoms with Gasteiger partial charge < -0.3 is 0 Å². The van der Waals surface area contributed by atoms with Gasteiger partial charge in [-0.15, -0.1) is 5.10 Å². The minimum Gasteiger partial charge on any atom is -0.231 e. The van der Waals surface area contributed by atoms with E-state index in [1.54, 1.807) is 27.8 Å². The zero-order chi connectivity index (χ0) is 19.9. The van der Waals surface area contributed by atoms with Crippen LogP contribution in [-0.2, 0) is 10.0 Å². The van der Waals surface area contributed by atoms with Crippen molar-refractivity contribution in [3.05, 3.63) is 71.0 Å². The van der Waals surface area contributed by atoms with E-state index in [1.807, 2.05) is 37.3 Å². The van der Waals surface area contributed by atoms with Gasteiger partial charge in [0.05, 0.1) is 33.9 Å². The van der Waals surface area contributed by atoms with Crippen LogP contribution in [0.5, 0.6) is 0 Å². The average molecular weight is 459 g/mol. The molecule has 0 aliphatic heterocycles. The lowest BCUT2D eigenvalue weighted by molar-refractivity contribution is 0.598. The Morgan fingerprint density at radius 2 is 1.61 bits per heavy atom. The SMILES string of the molecule is Cc1cc(-c2cnn(-c3ccc(Br)cc3)n2)n(-c2ccc(S(N)(=O)=O)cc2)n1. The molecule has 0 fully saturated rings. The number of sulfonamides is 1. The first-order chi connectivity index (χ1) is 13.3. The second kappa shape index (κ2) is 6.97. The Hall–Kier alpha value is -2.82. The van der Waals surface area contributed by atoms with Crippen molar-refractivity contribution in [1.29, 1.82) is 0 Å². The molecule has 0 atom stereocenters. The summed E-state index contributed by atoms with van der Waals surface area (Å²) < 4.78 is 25.6. The highest BCUT2D eigenvalue weighted by molar-refractivity contribution is 9.10. The third kappa shape index (κ3) is 3.61. The Kier molecular flexibility index (Phi) is 4.61. The van der Waals surface area contributed by atoms with Crippen LogP contribution < -0.4 is 5.14 Å². The van der Waals surface area contributed by atoms with E-state index >= 15 is 0 Å². The third-order valence-corrected chi connectivity index (χ3v) is 5.51. The number of primary sulfonamides is 1. The zero-order valence-corrected chi connectivity index (χ0v) is 17.1. The molecule has 10 heteroatoms. The molecule has 0 unspecified atom stereocenters. The van der Waals surface area contributed by atoms with Crippen LogP contribution in [0.3, 0.4) is 0 Å². The van der Waals surface area contributed by atoms with Crippen LogP contribution in [0.25, 0.3) is 22.8 Å². The second-order valence-electron chi connectivity index (χ2n) is 6.12. The Morgan fingerprint density at radius 1 is 0.964 bits per heavy atom. The summed E-state index contributed by atoms with van der Waals surface area (Å²) in [6.45, 7) is 1.87. The minimum atomic E-state index is -3.75. The molecule has 8 nitrogen and oxygen atoms in total. The molecule has 2 aromatic heterocycles. The van der Waals surface area contributed by atoms with Crippen LogP contribution in [0.1, 0.15) is 5.69 Å². The smallest absolute Gasteiger partial charge is 0.231 e. The van der Waals surface area contributed by atoms with Crippen molar-refractivity contribution in [2.24, 2.45) is 5.14 Å². The van der Waals surface area contributed by atoms with E-state index in [1.165, 1.54) is 12.1 Å². The summed E-state index contributed by atoms with van der Waals surface area (Å²) >= 11 is 3.41. The maximum atomic E-state index is 11.5. The summed E-state index contributed by atoms with van der Waals surface area (Å²) in [5.74, 6) is 0. The lowest BCUT2D eigenvalue weighted by atomic mass is 10.2. The number of rotatable bonds is 4. The maximum absolute atomic E-state index is 11.5. The van der Waals surface area contributed by atoms with Gasteiger partial charge in [0, 0.05) is 4.47 Å². The largest absolute Gasteiger partial charge is 0.238 e. The number of nitrogens with two attached hydrogens (primary N) is 1. The topological polar surface area (TPSA) is 109 Å². The molecule has 2 aromatic carbocycles. The van der Waals surface area contributed by atoms with E-state index in [0.717, 1.165) is 21.5 Å². The molecular weight excluding hydrogens is 444 g/mol. The van der Waals surface area contributed by atoms with Gasteiger partial charge >= 0.3 is 0 Å². The summed E-state index contributed by atoms with van der Waals surface area (Å²) in [4.78, 5) is 1.58. The van der Waals surface area contributed by atoms with Crippen LogP contribution in [0, 0.1) is 6.92 Å². The summed E-state index contributed by atoms with van der Waals surface area (Å²) in [5, 5.41) is 18.5. The normalized spacial score (nSPS) is 11.7. The number of hydrogen-bond donors (Lipinski definition) is 1. The monoisotopic (exact) mass is 458 g/mol. The van der Waals surface area contributed by atoms with Gasteiger partial charge in [-0.1, -0.05) is 15.9 Å². The molecule has 28 heavy (non-hydrogen) atoms. The van der Waals surface area contributed by atoms with Crippen LogP contribution in [-0.4, -0.2) is 33.2 Å². The number of benzene rings is 2. The fraction of sp³-hybridized carbons (Fsp3) is 0.0556. The molecule has 0 spiro atoms. The number of hydrogen-bond acceptors (Lipinski definition) is 5. The summed E-state index contributed by atoms with van der Waals surface area (Å²) in [7, 11) is -3.75. The second-order valence-corrected chi connectivity index (χ2v) is 8.59. The van der Waals surface area contributed by atoms with E-state index in [9.17, 15) is 8.42 Å². The first kappa shape index (κ1) is 18.5. The van der Waals surface area contributed by atoms with Crippen molar-refractivity contribution in [2.75, 3.05) is 0 Å². The summed E-state index contributed by atoms with van der Waals surface area (Å²) in [6.07, 6.45) is 1.66. The van der Waals surface area contributed by atoms with Crippen molar-refractivity contribution >= 4 is 26.0 Å². The van der Waals surface area contributed by atoms with Crippen LogP contribution in [0.4, 0.5) is 0 Å². The van der Waals surface area contributed by atoms with Gasteiger partial charge in [0.2, 0.25) is 10.0 Å². The quantitative estimate of drug-likeness (QED) is 0.505. The van der Waals surface area contributed by atoms with E-state index in [4.69, 9.17) is 5.14 Å². The number of aryl methyl sites for hydroxylation is 1. The standard InChI is InChI=1S/C18H15BrN6O2S/c1-12-10-18(17-11-21-25(23-17)15-4-2-13(19)3-5-15)24(22-12)14-6-8-16(9-7-14)28(20,26)27/h2-11H,1H3,(H2,20,26,27). The lowest BCUT2D eigenvalue weighted by Crippen LogP contribution is -2.12. The molecule has 142 valence electrons. The highest BCUT2D eigenvalue weighted by atomic mass is 79.9. The van der Waals surface area contributed by atoms with Gasteiger partial charge in [-0.3, -0.25) is 0 Å². The maximum Gasteiger partial charge on any atom is 0.238 e. The average Bonchev–Trinajstić information content (AvgIpc) is 3.28. The third-order valence-electron chi connectivity index (χ3n) is 4.05. The number of halogens is 1.